The monoisotopic (exact) mass is 1080 g/mol. The molecule has 6 aliphatic rings. The fourth-order valence-corrected chi connectivity index (χ4v) is 12.7. The van der Waals surface area contributed by atoms with E-state index < -0.39 is 23.6 Å². The zero-order valence-corrected chi connectivity index (χ0v) is 44.9. The number of aryl methyl sites for hydroxylation is 2. The minimum absolute atomic E-state index is 0.00899. The summed E-state index contributed by atoms with van der Waals surface area (Å²) in [5, 5.41) is 19.4. The largest absolute Gasteiger partial charge is 0.508 e. The summed E-state index contributed by atoms with van der Waals surface area (Å²) in [4.78, 5) is 77.5. The van der Waals surface area contributed by atoms with E-state index in [9.17, 15) is 24.3 Å². The molecule has 0 bridgehead atoms. The number of phenolic OH excluding ortho intramolecular Hbond substituents is 1. The Morgan fingerprint density at radius 3 is 2.45 bits per heavy atom. The number of pyridine rings is 1. The van der Waals surface area contributed by atoms with Gasteiger partial charge in [0.2, 0.25) is 11.8 Å². The standard InChI is InChI=1S/C57H63ClF2N12O6/c1-4-38-42(59)9-6-34-25-37(73)26-40(46(34)38)49-48(60)50-41(27-61-49)52(70-16-5-17-72-44(30-70)47(58)51(65-72)55(77)66(2)3)64-56(63-50)78-32-57(14-15-57)31-68-18-12-33(13-19-68)28-67-20-22-69(23-21-67)36-7-8-39-35(24-36)29-71(54(39)76)43-10-11-45(74)62-53(43)75/h6-9,24-27,33,43,73H,4-5,10-23,28-32H2,1-3H3,(H,62,74,75)/t43-/m1/s1. The Labute approximate surface area is 455 Å². The van der Waals surface area contributed by atoms with Crippen LogP contribution in [0.3, 0.4) is 0 Å². The van der Waals surface area contributed by atoms with Gasteiger partial charge in [0.1, 0.15) is 34.6 Å². The molecule has 8 heterocycles. The van der Waals surface area contributed by atoms with Gasteiger partial charge in [-0.05, 0) is 122 Å². The summed E-state index contributed by atoms with van der Waals surface area (Å²) in [6, 6.07) is 11.2. The van der Waals surface area contributed by atoms with Crippen molar-refractivity contribution in [2.24, 2.45) is 11.3 Å². The summed E-state index contributed by atoms with van der Waals surface area (Å²) in [5.74, 6) is -1.52. The van der Waals surface area contributed by atoms with Crippen molar-refractivity contribution in [1.82, 2.24) is 49.6 Å². The summed E-state index contributed by atoms with van der Waals surface area (Å²) in [7, 11) is 3.29. The van der Waals surface area contributed by atoms with E-state index in [1.807, 2.05) is 24.0 Å². The number of halogens is 3. The molecule has 3 aromatic heterocycles. The third kappa shape index (κ3) is 9.73. The molecule has 2 N–H and O–H groups in total. The normalized spacial score (nSPS) is 20.1. The lowest BCUT2D eigenvalue weighted by atomic mass is 9.94. The van der Waals surface area contributed by atoms with Crippen molar-refractivity contribution in [2.45, 2.75) is 84.0 Å². The molecular formula is C57H63ClF2N12O6. The number of carbonyl (C=O) groups is 4. The van der Waals surface area contributed by atoms with E-state index in [0.29, 0.717) is 90.2 Å². The highest BCUT2D eigenvalue weighted by molar-refractivity contribution is 6.34. The number of fused-ring (bicyclic) bond motifs is 4. The molecule has 408 valence electrons. The number of ether oxygens (including phenoxy) is 1. The molecule has 0 unspecified atom stereocenters. The quantitative estimate of drug-likeness (QED) is 0.115. The lowest BCUT2D eigenvalue weighted by molar-refractivity contribution is -0.136. The highest BCUT2D eigenvalue weighted by Gasteiger charge is 2.46. The van der Waals surface area contributed by atoms with Crippen LogP contribution >= 0.6 is 11.6 Å². The van der Waals surface area contributed by atoms with Crippen molar-refractivity contribution in [1.29, 1.82) is 0 Å². The molecule has 0 spiro atoms. The number of aromatic hydroxyl groups is 1. The Morgan fingerprint density at radius 2 is 1.71 bits per heavy atom. The smallest absolute Gasteiger partial charge is 0.319 e. The molecule has 12 rings (SSSR count). The van der Waals surface area contributed by atoms with Gasteiger partial charge in [0.25, 0.3) is 11.8 Å². The van der Waals surface area contributed by atoms with Crippen molar-refractivity contribution in [3.8, 4) is 23.0 Å². The number of nitrogens with zero attached hydrogens (tertiary/aromatic N) is 11. The van der Waals surface area contributed by atoms with Crippen molar-refractivity contribution >= 4 is 68.4 Å². The minimum atomic E-state index is -0.763. The zero-order valence-electron chi connectivity index (χ0n) is 44.2. The van der Waals surface area contributed by atoms with Crippen molar-refractivity contribution in [2.75, 3.05) is 89.4 Å². The lowest BCUT2D eigenvalue weighted by Crippen LogP contribution is -2.52. The van der Waals surface area contributed by atoms with Gasteiger partial charge in [-0.25, -0.2) is 8.78 Å². The Bertz CT molecular complexity index is 3410. The number of carbonyl (C=O) groups excluding carboxylic acids is 4. The average Bonchev–Trinajstić information content (AvgIpc) is 4.11. The second-order valence-electron chi connectivity index (χ2n) is 22.3. The molecule has 1 atom stereocenters. The number of amides is 4. The first-order valence-electron chi connectivity index (χ1n) is 27.3. The van der Waals surface area contributed by atoms with Crippen molar-refractivity contribution < 1.29 is 37.8 Å². The first kappa shape index (κ1) is 51.7. The Morgan fingerprint density at radius 1 is 0.910 bits per heavy atom. The number of nitrogens with one attached hydrogen (secondary N) is 1. The summed E-state index contributed by atoms with van der Waals surface area (Å²) in [5.41, 5.74) is 3.78. The van der Waals surface area contributed by atoms with E-state index in [1.165, 1.54) is 29.3 Å². The van der Waals surface area contributed by atoms with Crippen LogP contribution in [0.25, 0.3) is 32.9 Å². The van der Waals surface area contributed by atoms with Crippen LogP contribution in [0.15, 0.2) is 48.7 Å². The van der Waals surface area contributed by atoms with Crippen LogP contribution in [-0.2, 0) is 35.6 Å². The van der Waals surface area contributed by atoms with Crippen LogP contribution in [0.2, 0.25) is 5.02 Å². The first-order chi connectivity index (χ1) is 37.6. The molecule has 1 aliphatic carbocycles. The molecular weight excluding hydrogens is 1020 g/mol. The van der Waals surface area contributed by atoms with Gasteiger partial charge >= 0.3 is 6.01 Å². The van der Waals surface area contributed by atoms with Crippen LogP contribution in [0, 0.1) is 23.0 Å². The Balaban J connectivity index is 0.719. The van der Waals surface area contributed by atoms with Gasteiger partial charge < -0.3 is 34.3 Å². The van der Waals surface area contributed by atoms with Crippen LogP contribution < -0.4 is 19.9 Å². The SMILES string of the molecule is CCc1c(F)ccc2cc(O)cc(-c3ncc4c(N5CCCn6nc(C(=O)N(C)C)c(Cl)c6C5)nc(OCC5(CN6CCC(CN7CCN(c8ccc9c(c8)CN([C@@H]8CCC(=O)NC8=O)C9=O)CC7)CC6)CC5)nc4c3F)c12. The van der Waals surface area contributed by atoms with Gasteiger partial charge in [0.15, 0.2) is 11.5 Å². The molecule has 3 saturated heterocycles. The van der Waals surface area contributed by atoms with Gasteiger partial charge in [-0.2, -0.15) is 15.1 Å². The number of imide groups is 1. The number of likely N-dealkylation sites (tertiary alicyclic amines) is 1. The molecule has 21 heteroatoms. The predicted molar refractivity (Wildman–Crippen MR) is 290 cm³/mol. The van der Waals surface area contributed by atoms with Crippen LogP contribution in [0.1, 0.15) is 89.5 Å². The van der Waals surface area contributed by atoms with E-state index in [-0.39, 0.29) is 75.4 Å². The number of piperazine rings is 1. The van der Waals surface area contributed by atoms with Gasteiger partial charge in [0.05, 0.1) is 29.3 Å². The number of rotatable bonds is 13. The highest BCUT2D eigenvalue weighted by atomic mass is 35.5. The summed E-state index contributed by atoms with van der Waals surface area (Å²) < 4.78 is 41.2. The summed E-state index contributed by atoms with van der Waals surface area (Å²) in [6.45, 7) is 11.3. The van der Waals surface area contributed by atoms with E-state index >= 15 is 8.78 Å². The Kier molecular flexibility index (Phi) is 13.7. The van der Waals surface area contributed by atoms with Gasteiger partial charge in [-0.15, -0.1) is 0 Å². The molecule has 4 amide bonds. The highest BCUT2D eigenvalue weighted by Crippen LogP contribution is 2.47. The van der Waals surface area contributed by atoms with E-state index in [0.717, 1.165) is 89.3 Å². The molecule has 18 nitrogen and oxygen atoms in total. The van der Waals surface area contributed by atoms with Crippen LogP contribution in [0.5, 0.6) is 11.8 Å². The van der Waals surface area contributed by atoms with E-state index in [2.05, 4.69) is 36.2 Å². The summed E-state index contributed by atoms with van der Waals surface area (Å²) >= 11 is 6.91. The molecule has 0 radical (unpaired) electrons. The van der Waals surface area contributed by atoms with E-state index in [1.54, 1.807) is 29.7 Å². The number of benzene rings is 3. The number of anilines is 2. The molecule has 3 aromatic carbocycles. The molecule has 5 aliphatic heterocycles. The Hall–Kier alpha value is -7.03. The second kappa shape index (κ2) is 20.6. The fourth-order valence-electron chi connectivity index (χ4n) is 12.4. The topological polar surface area (TPSA) is 186 Å². The maximum atomic E-state index is 17.5. The maximum absolute atomic E-state index is 17.5. The van der Waals surface area contributed by atoms with Crippen LogP contribution in [-0.4, -0.2) is 159 Å². The summed E-state index contributed by atoms with van der Waals surface area (Å²) in [6.07, 6.45) is 7.18. The van der Waals surface area contributed by atoms with Crippen molar-refractivity contribution in [3.05, 3.63) is 93.4 Å². The minimum Gasteiger partial charge on any atom is -0.508 e. The predicted octanol–water partition coefficient (Wildman–Crippen LogP) is 6.81. The third-order valence-electron chi connectivity index (χ3n) is 16.9. The number of hydrogen-bond donors (Lipinski definition) is 2. The number of phenols is 1. The fraction of sp³-hybridized carbons (Fsp3) is 0.474. The molecule has 78 heavy (non-hydrogen) atoms. The lowest BCUT2D eigenvalue weighted by Gasteiger charge is -2.40. The second-order valence-corrected chi connectivity index (χ2v) is 22.7. The number of aromatic nitrogens is 5. The first-order valence-corrected chi connectivity index (χ1v) is 27.6. The number of piperidine rings is 2. The van der Waals surface area contributed by atoms with Crippen LogP contribution in [0.4, 0.5) is 20.3 Å². The molecule has 4 fully saturated rings. The van der Waals surface area contributed by atoms with Crippen molar-refractivity contribution in [3.63, 3.8) is 0 Å². The maximum Gasteiger partial charge on any atom is 0.319 e. The van der Waals surface area contributed by atoms with E-state index in [4.69, 9.17) is 26.3 Å². The number of hydrogen-bond acceptors (Lipinski definition) is 14. The molecule has 1 saturated carbocycles. The van der Waals surface area contributed by atoms with Gasteiger partial charge in [0, 0.05) is 108 Å². The van der Waals surface area contributed by atoms with Gasteiger partial charge in [-0.3, -0.25) is 39.1 Å². The molecule has 6 aromatic rings. The van der Waals surface area contributed by atoms with Gasteiger partial charge in [-0.1, -0.05) is 24.6 Å². The average molecular weight is 1090 g/mol. The zero-order chi connectivity index (χ0) is 54.1. The third-order valence-corrected chi connectivity index (χ3v) is 17.3.